The average molecular weight is 164 g/mol. The molecule has 5 aliphatic carbocycles. The van der Waals surface area contributed by atoms with Crippen molar-refractivity contribution in [3.05, 3.63) is 0 Å². The number of aliphatic hydroxyl groups is 1. The van der Waals surface area contributed by atoms with E-state index in [-0.39, 0.29) is 5.60 Å². The number of rotatable bonds is 1. The molecular weight excluding hydrogens is 148 g/mol. The van der Waals surface area contributed by atoms with Crippen LogP contribution in [0.1, 0.15) is 38.5 Å². The normalized spacial score (nSPS) is 63.2. The fourth-order valence-electron chi connectivity index (χ4n) is 5.05. The van der Waals surface area contributed by atoms with Gasteiger partial charge in [-0.25, -0.2) is 0 Å². The standard InChI is InChI=1S/C11H16O/c12-10(5-1-2-6-10)11-7-3-4-8(11)9(7)11/h7-9,12H,1-6H2. The molecule has 0 amide bonds. The third-order valence-electron chi connectivity index (χ3n) is 5.45. The third-order valence-corrected chi connectivity index (χ3v) is 5.45. The van der Waals surface area contributed by atoms with E-state index in [1.807, 2.05) is 0 Å². The molecule has 12 heavy (non-hydrogen) atoms. The lowest BCUT2D eigenvalue weighted by Crippen LogP contribution is -2.34. The molecule has 5 rings (SSSR count). The summed E-state index contributed by atoms with van der Waals surface area (Å²) >= 11 is 0. The Bertz CT molecular complexity index is 230. The number of fused-ring (bicyclic) bond motifs is 1. The first kappa shape index (κ1) is 6.42. The molecule has 2 bridgehead atoms. The second-order valence-corrected chi connectivity index (χ2v) is 5.49. The maximum Gasteiger partial charge on any atom is 0.0712 e. The number of hydrogen-bond acceptors (Lipinski definition) is 1. The summed E-state index contributed by atoms with van der Waals surface area (Å²) in [5, 5.41) is 10.5. The van der Waals surface area contributed by atoms with Crippen LogP contribution < -0.4 is 0 Å². The molecule has 66 valence electrons. The maximum absolute atomic E-state index is 10.5. The van der Waals surface area contributed by atoms with Crippen molar-refractivity contribution >= 4 is 0 Å². The Balaban J connectivity index is 1.74. The molecule has 0 heterocycles. The summed E-state index contributed by atoms with van der Waals surface area (Å²) in [5.41, 5.74) is 0.340. The quantitative estimate of drug-likeness (QED) is 0.628. The predicted molar refractivity (Wildman–Crippen MR) is 45.6 cm³/mol. The first-order valence-electron chi connectivity index (χ1n) is 5.53. The molecule has 0 aromatic carbocycles. The van der Waals surface area contributed by atoms with Crippen LogP contribution in [-0.4, -0.2) is 10.7 Å². The van der Waals surface area contributed by atoms with Crippen molar-refractivity contribution in [1.82, 2.24) is 0 Å². The van der Waals surface area contributed by atoms with Gasteiger partial charge in [-0.05, 0) is 43.4 Å². The molecule has 2 atom stereocenters. The van der Waals surface area contributed by atoms with Crippen LogP contribution in [0.5, 0.6) is 0 Å². The zero-order valence-corrected chi connectivity index (χ0v) is 7.42. The minimum absolute atomic E-state index is 0.177. The molecule has 5 fully saturated rings. The topological polar surface area (TPSA) is 20.2 Å². The monoisotopic (exact) mass is 164 g/mol. The maximum atomic E-state index is 10.5. The Morgan fingerprint density at radius 3 is 2.08 bits per heavy atom. The van der Waals surface area contributed by atoms with Gasteiger partial charge in [-0.2, -0.15) is 0 Å². The highest BCUT2D eigenvalue weighted by Gasteiger charge is 2.94. The van der Waals surface area contributed by atoms with Crippen molar-refractivity contribution in [3.8, 4) is 0 Å². The summed E-state index contributed by atoms with van der Waals surface area (Å²) in [7, 11) is 0. The van der Waals surface area contributed by atoms with Crippen LogP contribution in [0.15, 0.2) is 0 Å². The highest BCUT2D eigenvalue weighted by atomic mass is 16.3. The summed E-state index contributed by atoms with van der Waals surface area (Å²) in [5.74, 6) is 2.96. The van der Waals surface area contributed by atoms with Gasteiger partial charge in [0, 0.05) is 5.41 Å². The van der Waals surface area contributed by atoms with Gasteiger partial charge in [0.15, 0.2) is 0 Å². The van der Waals surface area contributed by atoms with Gasteiger partial charge in [0.25, 0.3) is 0 Å². The fourth-order valence-corrected chi connectivity index (χ4v) is 5.05. The van der Waals surface area contributed by atoms with E-state index >= 15 is 0 Å². The molecule has 0 radical (unpaired) electrons. The van der Waals surface area contributed by atoms with Crippen LogP contribution in [0.4, 0.5) is 0 Å². The molecule has 5 saturated carbocycles. The Morgan fingerprint density at radius 1 is 1.00 bits per heavy atom. The highest BCUT2D eigenvalue weighted by Crippen LogP contribution is 2.95. The third kappa shape index (κ3) is 0.396. The first-order chi connectivity index (χ1) is 5.81. The lowest BCUT2D eigenvalue weighted by atomic mass is 9.84. The van der Waals surface area contributed by atoms with Gasteiger partial charge in [-0.15, -0.1) is 0 Å². The van der Waals surface area contributed by atoms with Gasteiger partial charge in [0.05, 0.1) is 5.60 Å². The van der Waals surface area contributed by atoms with Crippen LogP contribution in [0.25, 0.3) is 0 Å². The van der Waals surface area contributed by atoms with E-state index in [1.165, 1.54) is 25.7 Å². The van der Waals surface area contributed by atoms with E-state index in [0.29, 0.717) is 5.41 Å². The molecule has 1 heteroatoms. The van der Waals surface area contributed by atoms with E-state index in [2.05, 4.69) is 0 Å². The van der Waals surface area contributed by atoms with Gasteiger partial charge >= 0.3 is 0 Å². The van der Waals surface area contributed by atoms with Crippen LogP contribution in [0, 0.1) is 23.2 Å². The highest BCUT2D eigenvalue weighted by molar-refractivity contribution is 5.41. The van der Waals surface area contributed by atoms with Crippen LogP contribution in [-0.2, 0) is 0 Å². The lowest BCUT2D eigenvalue weighted by molar-refractivity contribution is -0.0136. The molecule has 0 aliphatic heterocycles. The molecule has 0 spiro atoms. The fraction of sp³-hybridized carbons (Fsp3) is 1.00. The largest absolute Gasteiger partial charge is 0.389 e. The van der Waals surface area contributed by atoms with E-state index in [4.69, 9.17) is 0 Å². The van der Waals surface area contributed by atoms with E-state index < -0.39 is 0 Å². The van der Waals surface area contributed by atoms with Crippen molar-refractivity contribution in [2.75, 3.05) is 0 Å². The van der Waals surface area contributed by atoms with Crippen LogP contribution in [0.3, 0.4) is 0 Å². The summed E-state index contributed by atoms with van der Waals surface area (Å²) in [4.78, 5) is 0. The van der Waals surface area contributed by atoms with Gasteiger partial charge in [-0.1, -0.05) is 12.8 Å². The zero-order valence-electron chi connectivity index (χ0n) is 7.42. The summed E-state index contributed by atoms with van der Waals surface area (Å²) < 4.78 is 0. The second-order valence-electron chi connectivity index (χ2n) is 5.49. The predicted octanol–water partition coefficient (Wildman–Crippen LogP) is 1.95. The van der Waals surface area contributed by atoms with Crippen molar-refractivity contribution in [1.29, 1.82) is 0 Å². The van der Waals surface area contributed by atoms with Crippen molar-refractivity contribution in [2.24, 2.45) is 23.2 Å². The molecule has 0 aromatic rings. The minimum atomic E-state index is -0.177. The summed E-state index contributed by atoms with van der Waals surface area (Å²) in [6, 6.07) is 0. The van der Waals surface area contributed by atoms with E-state index in [0.717, 1.165) is 30.6 Å². The zero-order chi connectivity index (χ0) is 7.97. The van der Waals surface area contributed by atoms with E-state index in [1.54, 1.807) is 0 Å². The Morgan fingerprint density at radius 2 is 1.58 bits per heavy atom. The first-order valence-corrected chi connectivity index (χ1v) is 5.53. The van der Waals surface area contributed by atoms with E-state index in [9.17, 15) is 5.11 Å². The van der Waals surface area contributed by atoms with Crippen LogP contribution >= 0.6 is 0 Å². The Kier molecular flexibility index (Phi) is 0.800. The molecule has 1 nitrogen and oxygen atoms in total. The SMILES string of the molecule is OC1(C23C4CCC2C43)CCCC1. The number of hydrogen-bond donors (Lipinski definition) is 1. The Labute approximate surface area is 73.2 Å². The summed E-state index contributed by atoms with van der Waals surface area (Å²) in [6.45, 7) is 0. The van der Waals surface area contributed by atoms with Gasteiger partial charge in [0.1, 0.15) is 0 Å². The van der Waals surface area contributed by atoms with Gasteiger partial charge < -0.3 is 5.11 Å². The molecular formula is C11H16O. The van der Waals surface area contributed by atoms with Crippen molar-refractivity contribution in [2.45, 2.75) is 44.1 Å². The molecule has 0 aromatic heterocycles. The summed E-state index contributed by atoms with van der Waals surface area (Å²) in [6.07, 6.45) is 7.69. The van der Waals surface area contributed by atoms with Crippen LogP contribution in [0.2, 0.25) is 0 Å². The molecule has 5 aliphatic rings. The van der Waals surface area contributed by atoms with Crippen molar-refractivity contribution in [3.63, 3.8) is 0 Å². The van der Waals surface area contributed by atoms with Gasteiger partial charge in [-0.3, -0.25) is 0 Å². The molecule has 0 saturated heterocycles. The molecule has 2 unspecified atom stereocenters. The van der Waals surface area contributed by atoms with Crippen molar-refractivity contribution < 1.29 is 5.11 Å². The lowest BCUT2D eigenvalue weighted by Gasteiger charge is -2.28. The Hall–Kier alpha value is -0.0400. The average Bonchev–Trinajstić information content (AvgIpc) is 2.66. The minimum Gasteiger partial charge on any atom is -0.389 e. The second kappa shape index (κ2) is 1.50. The van der Waals surface area contributed by atoms with Gasteiger partial charge in [0.2, 0.25) is 0 Å². The molecule has 1 N–H and O–H groups in total. The smallest absolute Gasteiger partial charge is 0.0712 e.